The smallest absolute Gasteiger partial charge is 0.270 e. The van der Waals surface area contributed by atoms with Crippen molar-refractivity contribution in [3.8, 4) is 0 Å². The van der Waals surface area contributed by atoms with Gasteiger partial charge in [0.15, 0.2) is 0 Å². The number of carbonyl (C=O) groups is 1. The molecule has 0 saturated carbocycles. The van der Waals surface area contributed by atoms with Gasteiger partial charge in [-0.05, 0) is 18.6 Å². The van der Waals surface area contributed by atoms with E-state index in [1.807, 2.05) is 18.2 Å². The van der Waals surface area contributed by atoms with Crippen molar-refractivity contribution in [3.05, 3.63) is 65.1 Å². The maximum atomic E-state index is 12.2. The first-order valence-electron chi connectivity index (χ1n) is 6.82. The van der Waals surface area contributed by atoms with Crippen molar-refractivity contribution in [1.29, 1.82) is 0 Å². The molecule has 2 aromatic rings. The van der Waals surface area contributed by atoms with Gasteiger partial charge in [-0.1, -0.05) is 35.9 Å². The summed E-state index contributed by atoms with van der Waals surface area (Å²) < 4.78 is 0. The van der Waals surface area contributed by atoms with E-state index < -0.39 is 0 Å². The van der Waals surface area contributed by atoms with E-state index in [0.29, 0.717) is 35.4 Å². The van der Waals surface area contributed by atoms with E-state index in [2.05, 4.69) is 27.2 Å². The van der Waals surface area contributed by atoms with Crippen molar-refractivity contribution in [2.45, 2.75) is 13.5 Å². The average Bonchev–Trinajstić information content (AvgIpc) is 2.51. The molecule has 0 atom stereocenters. The minimum Gasteiger partial charge on any atom is -0.366 e. The van der Waals surface area contributed by atoms with Crippen molar-refractivity contribution in [2.24, 2.45) is 0 Å². The van der Waals surface area contributed by atoms with Gasteiger partial charge in [-0.3, -0.25) is 4.79 Å². The molecule has 0 aliphatic heterocycles. The number of nitrogens with one attached hydrogen (secondary N) is 2. The molecule has 1 aromatic carbocycles. The molecule has 0 spiro atoms. The first-order valence-corrected chi connectivity index (χ1v) is 7.20. The minimum atomic E-state index is -0.271. The lowest BCUT2D eigenvalue weighted by atomic mass is 10.2. The number of rotatable bonds is 6. The number of benzene rings is 1. The second-order valence-electron chi connectivity index (χ2n) is 4.63. The van der Waals surface area contributed by atoms with Gasteiger partial charge in [-0.2, -0.15) is 0 Å². The fourth-order valence-electron chi connectivity index (χ4n) is 1.86. The first-order chi connectivity index (χ1) is 10.6. The van der Waals surface area contributed by atoms with Crippen LogP contribution in [0.25, 0.3) is 0 Å². The van der Waals surface area contributed by atoms with Gasteiger partial charge in [-0.25, -0.2) is 9.97 Å². The molecule has 0 aliphatic rings. The summed E-state index contributed by atoms with van der Waals surface area (Å²) in [5.41, 5.74) is 1.17. The molecule has 0 unspecified atom stereocenters. The molecule has 6 heteroatoms. The zero-order valence-corrected chi connectivity index (χ0v) is 13.0. The topological polar surface area (TPSA) is 66.9 Å². The lowest BCUT2D eigenvalue weighted by molar-refractivity contribution is 0.0945. The molecule has 5 nitrogen and oxygen atoms in total. The Bertz CT molecular complexity index is 688. The normalized spacial score (nSPS) is 10.1. The number of aromatic nitrogens is 2. The molecular formula is C16H17ClN4O. The van der Waals surface area contributed by atoms with Crippen molar-refractivity contribution in [2.75, 3.05) is 11.9 Å². The summed E-state index contributed by atoms with van der Waals surface area (Å²) in [5, 5.41) is 6.47. The Hall–Kier alpha value is -2.40. The van der Waals surface area contributed by atoms with Crippen LogP contribution in [0.3, 0.4) is 0 Å². The number of amides is 1. The molecule has 2 N–H and O–H groups in total. The Morgan fingerprint density at radius 1 is 1.36 bits per heavy atom. The number of anilines is 1. The summed E-state index contributed by atoms with van der Waals surface area (Å²) >= 11 is 6.07. The van der Waals surface area contributed by atoms with Crippen molar-refractivity contribution < 1.29 is 4.79 Å². The standard InChI is InChI=1S/C16H17ClN4O/c1-3-8-18-15-9-14(20-11(2)21-15)16(22)19-10-12-6-4-5-7-13(12)17/h3-7,9H,1,8,10H2,2H3,(H,19,22)(H,18,20,21). The van der Waals surface area contributed by atoms with E-state index in [4.69, 9.17) is 11.6 Å². The molecule has 1 heterocycles. The number of hydrogen-bond acceptors (Lipinski definition) is 4. The molecular weight excluding hydrogens is 300 g/mol. The highest BCUT2D eigenvalue weighted by molar-refractivity contribution is 6.31. The summed E-state index contributed by atoms with van der Waals surface area (Å²) in [6.45, 7) is 6.28. The largest absolute Gasteiger partial charge is 0.366 e. The summed E-state index contributed by atoms with van der Waals surface area (Å²) in [4.78, 5) is 20.6. The number of carbonyl (C=O) groups excluding carboxylic acids is 1. The molecule has 1 aromatic heterocycles. The molecule has 2 rings (SSSR count). The molecule has 0 radical (unpaired) electrons. The number of nitrogens with zero attached hydrogens (tertiary/aromatic N) is 2. The second-order valence-corrected chi connectivity index (χ2v) is 5.04. The van der Waals surface area contributed by atoms with Crippen LogP contribution in [0.5, 0.6) is 0 Å². The highest BCUT2D eigenvalue weighted by atomic mass is 35.5. The van der Waals surface area contributed by atoms with Crippen molar-refractivity contribution in [1.82, 2.24) is 15.3 Å². The highest BCUT2D eigenvalue weighted by Gasteiger charge is 2.10. The fraction of sp³-hybridized carbons (Fsp3) is 0.188. The summed E-state index contributed by atoms with van der Waals surface area (Å²) in [6, 6.07) is 8.98. The van der Waals surface area contributed by atoms with Crippen LogP contribution in [0.15, 0.2) is 43.0 Å². The van der Waals surface area contributed by atoms with Crippen LogP contribution in [0, 0.1) is 6.92 Å². The molecule has 0 fully saturated rings. The van der Waals surface area contributed by atoms with E-state index in [0.717, 1.165) is 5.56 Å². The molecule has 0 aliphatic carbocycles. The minimum absolute atomic E-state index is 0.271. The van der Waals surface area contributed by atoms with Gasteiger partial charge in [0.2, 0.25) is 0 Å². The summed E-state index contributed by atoms with van der Waals surface area (Å²) in [7, 11) is 0. The Morgan fingerprint density at radius 3 is 2.86 bits per heavy atom. The van der Waals surface area contributed by atoms with Crippen LogP contribution >= 0.6 is 11.6 Å². The fourth-order valence-corrected chi connectivity index (χ4v) is 2.06. The van der Waals surface area contributed by atoms with Gasteiger partial charge in [0.05, 0.1) is 0 Å². The van der Waals surface area contributed by atoms with E-state index in [1.54, 1.807) is 25.1 Å². The van der Waals surface area contributed by atoms with Crippen LogP contribution in [0.1, 0.15) is 21.9 Å². The highest BCUT2D eigenvalue weighted by Crippen LogP contribution is 2.14. The van der Waals surface area contributed by atoms with Crippen LogP contribution in [0.2, 0.25) is 5.02 Å². The molecule has 22 heavy (non-hydrogen) atoms. The SMILES string of the molecule is C=CCNc1cc(C(=O)NCc2ccccc2Cl)nc(C)n1. The van der Waals surface area contributed by atoms with Gasteiger partial charge in [-0.15, -0.1) is 6.58 Å². The van der Waals surface area contributed by atoms with Gasteiger partial charge in [0, 0.05) is 24.2 Å². The monoisotopic (exact) mass is 316 g/mol. The third-order valence-electron chi connectivity index (χ3n) is 2.90. The predicted octanol–water partition coefficient (Wildman–Crippen LogP) is 2.97. The quantitative estimate of drug-likeness (QED) is 0.804. The Kier molecular flexibility index (Phi) is 5.49. The zero-order chi connectivity index (χ0) is 15.9. The molecule has 0 bridgehead atoms. The first kappa shape index (κ1) is 16.0. The van der Waals surface area contributed by atoms with E-state index in [-0.39, 0.29) is 5.91 Å². The van der Waals surface area contributed by atoms with E-state index in [9.17, 15) is 4.79 Å². The van der Waals surface area contributed by atoms with Gasteiger partial charge < -0.3 is 10.6 Å². The van der Waals surface area contributed by atoms with Crippen molar-refractivity contribution >= 4 is 23.3 Å². The Balaban J connectivity index is 2.07. The number of aryl methyl sites for hydroxylation is 1. The predicted molar refractivity (Wildman–Crippen MR) is 88.1 cm³/mol. The maximum Gasteiger partial charge on any atom is 0.270 e. The molecule has 0 saturated heterocycles. The second kappa shape index (κ2) is 7.56. The van der Waals surface area contributed by atoms with Gasteiger partial charge in [0.1, 0.15) is 17.3 Å². The lowest BCUT2D eigenvalue weighted by Gasteiger charge is -2.09. The van der Waals surface area contributed by atoms with E-state index in [1.165, 1.54) is 0 Å². The van der Waals surface area contributed by atoms with Gasteiger partial charge in [0.25, 0.3) is 5.91 Å². The molecule has 1 amide bonds. The van der Waals surface area contributed by atoms with Gasteiger partial charge >= 0.3 is 0 Å². The van der Waals surface area contributed by atoms with Crippen LogP contribution in [-0.2, 0) is 6.54 Å². The zero-order valence-electron chi connectivity index (χ0n) is 12.3. The Morgan fingerprint density at radius 2 is 2.14 bits per heavy atom. The summed E-state index contributed by atoms with van der Waals surface area (Å²) in [6.07, 6.45) is 1.72. The summed E-state index contributed by atoms with van der Waals surface area (Å²) in [5.74, 6) is 0.847. The van der Waals surface area contributed by atoms with Crippen molar-refractivity contribution in [3.63, 3.8) is 0 Å². The van der Waals surface area contributed by atoms with Crippen LogP contribution in [0.4, 0.5) is 5.82 Å². The number of halogens is 1. The van der Waals surface area contributed by atoms with E-state index >= 15 is 0 Å². The third kappa shape index (κ3) is 4.30. The van der Waals surface area contributed by atoms with Crippen LogP contribution in [-0.4, -0.2) is 22.4 Å². The molecule has 114 valence electrons. The number of hydrogen-bond donors (Lipinski definition) is 2. The van der Waals surface area contributed by atoms with Crippen LogP contribution < -0.4 is 10.6 Å². The maximum absolute atomic E-state index is 12.2. The third-order valence-corrected chi connectivity index (χ3v) is 3.26. The Labute approximate surface area is 134 Å². The lowest BCUT2D eigenvalue weighted by Crippen LogP contribution is -2.24. The average molecular weight is 317 g/mol.